The van der Waals surface area contributed by atoms with Crippen molar-refractivity contribution >= 4 is 26.8 Å². The van der Waals surface area contributed by atoms with Crippen LogP contribution in [-0.2, 0) is 16.4 Å². The van der Waals surface area contributed by atoms with E-state index >= 15 is 0 Å². The van der Waals surface area contributed by atoms with E-state index in [1.165, 1.54) is 6.26 Å². The number of carbonyl (C=O) groups excluding carboxylic acids is 1. The minimum Gasteiger partial charge on any atom is -0.345 e. The predicted octanol–water partition coefficient (Wildman–Crippen LogP) is 4.01. The zero-order chi connectivity index (χ0) is 22.9. The van der Waals surface area contributed by atoms with Crippen molar-refractivity contribution in [1.82, 2.24) is 20.1 Å². The lowest BCUT2D eigenvalue weighted by molar-refractivity contribution is 0.0941. The van der Waals surface area contributed by atoms with E-state index in [9.17, 15) is 13.2 Å². The zero-order valence-corrected chi connectivity index (χ0v) is 18.9. The van der Waals surface area contributed by atoms with Gasteiger partial charge in [-0.2, -0.15) is 5.10 Å². The number of hydrogen-bond acceptors (Lipinski definition) is 5. The summed E-state index contributed by atoms with van der Waals surface area (Å²) in [4.78, 5) is 18.3. The number of hydrogen-bond donors (Lipinski definition) is 1. The summed E-state index contributed by atoms with van der Waals surface area (Å²) in [5.74, 6) is -0.245. The Morgan fingerprint density at radius 3 is 2.41 bits per heavy atom. The minimum absolute atomic E-state index is 0.245. The van der Waals surface area contributed by atoms with Crippen LogP contribution in [0.5, 0.6) is 0 Å². The van der Waals surface area contributed by atoms with Gasteiger partial charge in [-0.15, -0.1) is 0 Å². The van der Waals surface area contributed by atoms with Crippen molar-refractivity contribution in [2.75, 3.05) is 6.26 Å². The fourth-order valence-electron chi connectivity index (χ4n) is 3.59. The van der Waals surface area contributed by atoms with Gasteiger partial charge in [0.25, 0.3) is 5.91 Å². The molecule has 0 unspecified atom stereocenters. The molecule has 0 saturated heterocycles. The maximum Gasteiger partial charge on any atom is 0.252 e. The van der Waals surface area contributed by atoms with Crippen molar-refractivity contribution in [3.05, 3.63) is 78.0 Å². The maximum absolute atomic E-state index is 13.3. The lowest BCUT2D eigenvalue weighted by Gasteiger charge is -2.16. The van der Waals surface area contributed by atoms with Crippen LogP contribution in [0, 0.1) is 0 Å². The predicted molar refractivity (Wildman–Crippen MR) is 124 cm³/mol. The van der Waals surface area contributed by atoms with Gasteiger partial charge in [0, 0.05) is 18.4 Å². The van der Waals surface area contributed by atoms with Crippen molar-refractivity contribution in [2.24, 2.45) is 0 Å². The zero-order valence-electron chi connectivity index (χ0n) is 18.1. The molecular weight excluding hydrogens is 424 g/mol. The van der Waals surface area contributed by atoms with Gasteiger partial charge >= 0.3 is 0 Å². The van der Waals surface area contributed by atoms with Crippen LogP contribution >= 0.6 is 0 Å². The number of carbonyl (C=O) groups is 1. The summed E-state index contributed by atoms with van der Waals surface area (Å²) in [5.41, 5.74) is 3.57. The highest BCUT2D eigenvalue weighted by Gasteiger charge is 2.19. The summed E-state index contributed by atoms with van der Waals surface area (Å²) < 4.78 is 25.2. The number of fused-ring (bicyclic) bond motifs is 1. The summed E-state index contributed by atoms with van der Waals surface area (Å²) >= 11 is 0. The van der Waals surface area contributed by atoms with Gasteiger partial charge in [-0.1, -0.05) is 42.5 Å². The first kappa shape index (κ1) is 21.7. The molecule has 0 saturated carbocycles. The van der Waals surface area contributed by atoms with E-state index in [0.717, 1.165) is 11.1 Å². The fraction of sp³-hybridized carbons (Fsp3) is 0.208. The lowest BCUT2D eigenvalue weighted by Crippen LogP contribution is -2.27. The summed E-state index contributed by atoms with van der Waals surface area (Å²) in [6.07, 6.45) is 2.84. The molecule has 2 aromatic carbocycles. The molecule has 0 spiro atoms. The number of aromatic nitrogens is 3. The first-order valence-corrected chi connectivity index (χ1v) is 12.2. The lowest BCUT2D eigenvalue weighted by atomic mass is 10.0. The molecule has 4 aromatic rings. The number of aryl methyl sites for hydroxylation is 1. The Kier molecular flexibility index (Phi) is 5.80. The first-order valence-electron chi connectivity index (χ1n) is 10.3. The van der Waals surface area contributed by atoms with E-state index in [-0.39, 0.29) is 16.8 Å². The van der Waals surface area contributed by atoms with Crippen molar-refractivity contribution in [3.63, 3.8) is 0 Å². The van der Waals surface area contributed by atoms with Crippen molar-refractivity contribution in [1.29, 1.82) is 0 Å². The van der Waals surface area contributed by atoms with Crippen molar-refractivity contribution < 1.29 is 13.2 Å². The van der Waals surface area contributed by atoms with Gasteiger partial charge in [0.05, 0.1) is 33.8 Å². The number of pyridine rings is 1. The van der Waals surface area contributed by atoms with Crippen molar-refractivity contribution in [2.45, 2.75) is 31.3 Å². The Hall–Kier alpha value is -3.52. The van der Waals surface area contributed by atoms with Crippen LogP contribution in [0.4, 0.5) is 0 Å². The summed E-state index contributed by atoms with van der Waals surface area (Å²) in [6.45, 7) is 4.48. The highest BCUT2D eigenvalue weighted by molar-refractivity contribution is 7.90. The second-order valence-electron chi connectivity index (χ2n) is 7.66. The van der Waals surface area contributed by atoms with Crippen LogP contribution in [0.15, 0.2) is 71.8 Å². The molecule has 4 rings (SSSR count). The SMILES string of the molecule is CCn1ncc2c(C(=O)N[C@H](C)c3ccc(S(C)(=O)=O)cc3)cc(-c3ccccc3)nc21. The Bertz CT molecular complexity index is 1380. The van der Waals surface area contributed by atoms with Crippen LogP contribution in [0.25, 0.3) is 22.3 Å². The number of sulfone groups is 1. The average molecular weight is 449 g/mol. The largest absolute Gasteiger partial charge is 0.345 e. The average Bonchev–Trinajstić information content (AvgIpc) is 3.21. The van der Waals surface area contributed by atoms with Gasteiger partial charge in [0.2, 0.25) is 0 Å². The van der Waals surface area contributed by atoms with Crippen LogP contribution in [0.2, 0.25) is 0 Å². The maximum atomic E-state index is 13.3. The van der Waals surface area contributed by atoms with Gasteiger partial charge in [-0.3, -0.25) is 4.79 Å². The molecule has 2 heterocycles. The molecule has 0 aliphatic carbocycles. The molecule has 0 aliphatic heterocycles. The second kappa shape index (κ2) is 8.55. The molecule has 0 aliphatic rings. The van der Waals surface area contributed by atoms with Gasteiger partial charge < -0.3 is 5.32 Å². The second-order valence-corrected chi connectivity index (χ2v) is 9.67. The molecule has 7 nitrogen and oxygen atoms in total. The third-order valence-electron chi connectivity index (χ3n) is 5.38. The summed E-state index contributed by atoms with van der Waals surface area (Å²) in [5, 5.41) is 8.08. The van der Waals surface area contributed by atoms with Crippen LogP contribution in [-0.4, -0.2) is 35.3 Å². The van der Waals surface area contributed by atoms with Crippen LogP contribution in [0.3, 0.4) is 0 Å². The Balaban J connectivity index is 1.69. The number of benzene rings is 2. The number of nitrogens with one attached hydrogen (secondary N) is 1. The van der Waals surface area contributed by atoms with Crippen molar-refractivity contribution in [3.8, 4) is 11.3 Å². The van der Waals surface area contributed by atoms with Gasteiger partial charge in [0.1, 0.15) is 0 Å². The highest BCUT2D eigenvalue weighted by atomic mass is 32.2. The highest BCUT2D eigenvalue weighted by Crippen LogP contribution is 2.26. The topological polar surface area (TPSA) is 94.0 Å². The summed E-state index contributed by atoms with van der Waals surface area (Å²) in [7, 11) is -3.27. The number of nitrogens with zero attached hydrogens (tertiary/aromatic N) is 3. The Morgan fingerprint density at radius 2 is 1.78 bits per heavy atom. The normalized spacial score (nSPS) is 12.6. The van der Waals surface area contributed by atoms with E-state index < -0.39 is 9.84 Å². The Morgan fingerprint density at radius 1 is 1.09 bits per heavy atom. The van der Waals surface area contributed by atoms with Gasteiger partial charge in [0.15, 0.2) is 15.5 Å². The van der Waals surface area contributed by atoms with Crippen LogP contribution < -0.4 is 5.32 Å². The fourth-order valence-corrected chi connectivity index (χ4v) is 4.22. The molecule has 0 bridgehead atoms. The molecule has 32 heavy (non-hydrogen) atoms. The molecule has 164 valence electrons. The standard InChI is InChI=1S/C24H24N4O3S/c1-4-28-23-21(15-25-28)20(14-22(27-23)18-8-6-5-7-9-18)24(29)26-16(2)17-10-12-19(13-11-17)32(3,30)31/h5-16H,4H2,1-3H3,(H,26,29)/t16-/m1/s1. The third-order valence-corrected chi connectivity index (χ3v) is 6.51. The molecule has 0 radical (unpaired) electrons. The molecular formula is C24H24N4O3S. The van der Waals surface area contributed by atoms with Gasteiger partial charge in [-0.25, -0.2) is 18.1 Å². The first-order chi connectivity index (χ1) is 15.3. The van der Waals surface area contributed by atoms with E-state index in [2.05, 4.69) is 10.4 Å². The molecule has 1 atom stereocenters. The molecule has 8 heteroatoms. The monoisotopic (exact) mass is 448 g/mol. The van der Waals surface area contributed by atoms with E-state index in [1.807, 2.05) is 44.2 Å². The summed E-state index contributed by atoms with van der Waals surface area (Å²) in [6, 6.07) is 17.7. The quantitative estimate of drug-likeness (QED) is 0.481. The van der Waals surface area contributed by atoms with E-state index in [0.29, 0.717) is 28.8 Å². The Labute approximate surface area is 187 Å². The van der Waals surface area contributed by atoms with E-state index in [1.54, 1.807) is 41.2 Å². The molecule has 1 N–H and O–H groups in total. The van der Waals surface area contributed by atoms with Gasteiger partial charge in [-0.05, 0) is 37.6 Å². The molecule has 1 amide bonds. The smallest absolute Gasteiger partial charge is 0.252 e. The molecule has 0 fully saturated rings. The van der Waals surface area contributed by atoms with Crippen LogP contribution in [0.1, 0.15) is 35.8 Å². The number of amides is 1. The number of rotatable bonds is 6. The minimum atomic E-state index is -3.27. The molecule has 2 aromatic heterocycles. The van der Waals surface area contributed by atoms with E-state index in [4.69, 9.17) is 4.98 Å². The third kappa shape index (κ3) is 4.27.